The van der Waals surface area contributed by atoms with Crippen molar-refractivity contribution in [2.45, 2.75) is 39.3 Å². The van der Waals surface area contributed by atoms with Crippen LogP contribution in [0.1, 0.15) is 27.2 Å². The highest BCUT2D eigenvalue weighted by Gasteiger charge is 2.17. The zero-order chi connectivity index (χ0) is 17.7. The van der Waals surface area contributed by atoms with Crippen molar-refractivity contribution in [2.24, 2.45) is 0 Å². The summed E-state index contributed by atoms with van der Waals surface area (Å²) < 4.78 is 0. The number of aliphatic hydroxyl groups excluding tert-OH is 1. The first-order valence-corrected chi connectivity index (χ1v) is 8.13. The number of fused-ring (bicyclic) bond motifs is 1. The minimum absolute atomic E-state index is 0. The Kier molecular flexibility index (Phi) is 7.85. The maximum atomic E-state index is 9.66. The number of hydrogen-bond acceptors (Lipinski definition) is 9. The van der Waals surface area contributed by atoms with Gasteiger partial charge in [-0.15, -0.1) is 12.4 Å². The molecule has 0 saturated heterocycles. The quantitative estimate of drug-likeness (QED) is 0.474. The molecule has 0 radical (unpaired) electrons. The molecule has 2 heterocycles. The van der Waals surface area contributed by atoms with E-state index in [1.165, 1.54) is 0 Å². The van der Waals surface area contributed by atoms with E-state index in [1.807, 2.05) is 6.92 Å². The average Bonchev–Trinajstić information content (AvgIpc) is 2.58. The summed E-state index contributed by atoms with van der Waals surface area (Å²) in [5.74, 6) is 2.16. The zero-order valence-corrected chi connectivity index (χ0v) is 16.0. The van der Waals surface area contributed by atoms with E-state index in [0.717, 1.165) is 13.0 Å². The number of rotatable bonds is 8. The minimum Gasteiger partial charge on any atom is -0.391 e. The topological polar surface area (TPSA) is 120 Å². The zero-order valence-electron chi connectivity index (χ0n) is 15.2. The second-order valence-corrected chi connectivity index (χ2v) is 5.59. The number of aromatic nitrogens is 4. The van der Waals surface area contributed by atoms with Gasteiger partial charge in [-0.2, -0.15) is 9.97 Å². The molecule has 0 bridgehead atoms. The van der Waals surface area contributed by atoms with E-state index in [1.54, 1.807) is 21.0 Å². The largest absolute Gasteiger partial charge is 0.391 e. The Balaban J connectivity index is 0.00000312. The van der Waals surface area contributed by atoms with E-state index in [0.29, 0.717) is 34.6 Å². The van der Waals surface area contributed by atoms with Gasteiger partial charge in [0, 0.05) is 20.6 Å². The Labute approximate surface area is 153 Å². The monoisotopic (exact) mass is 370 g/mol. The van der Waals surface area contributed by atoms with Crippen LogP contribution in [-0.2, 0) is 0 Å². The molecule has 0 spiro atoms. The normalized spacial score (nSPS) is 12.9. The molecule has 140 valence electrons. The van der Waals surface area contributed by atoms with Crippen LogP contribution in [0, 0.1) is 0 Å². The molecule has 0 aromatic carbocycles. The van der Waals surface area contributed by atoms with Crippen LogP contribution in [0.3, 0.4) is 0 Å². The van der Waals surface area contributed by atoms with E-state index < -0.39 is 6.10 Å². The standard InChI is InChI=1S/C15H26N8O.ClH/c1-6-7-18-14-20-10-11(12(16-4)22-14)21-15(23-13(10)17-5)19-8(2)9(3)24;/h8-9,24H,6-7H2,1-5H3,(H2,16,18,20,22)(H2,17,19,21,23);1H. The van der Waals surface area contributed by atoms with E-state index >= 15 is 0 Å². The number of aliphatic hydroxyl groups is 1. The van der Waals surface area contributed by atoms with Crippen LogP contribution in [0.25, 0.3) is 11.0 Å². The van der Waals surface area contributed by atoms with Gasteiger partial charge in [0.2, 0.25) is 11.9 Å². The number of halogens is 1. The molecule has 2 aromatic heterocycles. The van der Waals surface area contributed by atoms with E-state index in [2.05, 4.69) is 48.1 Å². The lowest BCUT2D eigenvalue weighted by Crippen LogP contribution is -2.29. The summed E-state index contributed by atoms with van der Waals surface area (Å²) in [7, 11) is 3.57. The predicted molar refractivity (Wildman–Crippen MR) is 105 cm³/mol. The molecule has 0 aliphatic carbocycles. The molecule has 2 unspecified atom stereocenters. The third kappa shape index (κ3) is 4.93. The molecular weight excluding hydrogens is 344 g/mol. The molecule has 0 fully saturated rings. The van der Waals surface area contributed by atoms with Crippen molar-refractivity contribution < 1.29 is 5.11 Å². The predicted octanol–water partition coefficient (Wildman–Crippen LogP) is 1.93. The number of hydrogen-bond donors (Lipinski definition) is 5. The van der Waals surface area contributed by atoms with Crippen LogP contribution in [0.2, 0.25) is 0 Å². The van der Waals surface area contributed by atoms with Gasteiger partial charge in [0.05, 0.1) is 12.1 Å². The maximum Gasteiger partial charge on any atom is 0.225 e. The van der Waals surface area contributed by atoms with Gasteiger partial charge in [-0.3, -0.25) is 0 Å². The Hall–Kier alpha value is -2.13. The molecule has 0 aliphatic rings. The highest BCUT2D eigenvalue weighted by atomic mass is 35.5. The second kappa shape index (κ2) is 9.38. The Morgan fingerprint density at radius 1 is 0.920 bits per heavy atom. The fraction of sp³-hybridized carbons (Fsp3) is 0.600. The molecule has 0 saturated carbocycles. The van der Waals surface area contributed by atoms with Gasteiger partial charge >= 0.3 is 0 Å². The van der Waals surface area contributed by atoms with Crippen LogP contribution in [0.15, 0.2) is 0 Å². The first kappa shape index (κ1) is 20.9. The molecular formula is C15H27ClN8O. The summed E-state index contributed by atoms with van der Waals surface area (Å²) in [5.41, 5.74) is 1.24. The van der Waals surface area contributed by atoms with Gasteiger partial charge in [-0.1, -0.05) is 6.92 Å². The molecule has 2 atom stereocenters. The Morgan fingerprint density at radius 3 is 1.92 bits per heavy atom. The van der Waals surface area contributed by atoms with Crippen LogP contribution in [0.4, 0.5) is 23.5 Å². The van der Waals surface area contributed by atoms with Gasteiger partial charge in [0.1, 0.15) is 11.0 Å². The van der Waals surface area contributed by atoms with E-state index in [4.69, 9.17) is 0 Å². The summed E-state index contributed by atoms with van der Waals surface area (Å²) in [4.78, 5) is 17.9. The van der Waals surface area contributed by atoms with Crippen LogP contribution in [-0.4, -0.2) is 57.8 Å². The fourth-order valence-corrected chi connectivity index (χ4v) is 2.07. The summed E-state index contributed by atoms with van der Waals surface area (Å²) >= 11 is 0. The molecule has 9 nitrogen and oxygen atoms in total. The molecule has 5 N–H and O–H groups in total. The molecule has 10 heteroatoms. The van der Waals surface area contributed by atoms with Gasteiger partial charge in [-0.05, 0) is 20.3 Å². The molecule has 0 aliphatic heterocycles. The third-order valence-electron chi connectivity index (χ3n) is 3.63. The first-order valence-electron chi connectivity index (χ1n) is 8.13. The lowest BCUT2D eigenvalue weighted by molar-refractivity contribution is 0.177. The van der Waals surface area contributed by atoms with Crippen molar-refractivity contribution >= 4 is 47.0 Å². The van der Waals surface area contributed by atoms with Crippen LogP contribution >= 0.6 is 12.4 Å². The van der Waals surface area contributed by atoms with Crippen molar-refractivity contribution in [3.05, 3.63) is 0 Å². The summed E-state index contributed by atoms with van der Waals surface area (Å²) in [6.07, 6.45) is 0.453. The second-order valence-electron chi connectivity index (χ2n) is 5.59. The van der Waals surface area contributed by atoms with Crippen molar-refractivity contribution in [3.8, 4) is 0 Å². The van der Waals surface area contributed by atoms with Crippen LogP contribution < -0.4 is 21.3 Å². The van der Waals surface area contributed by atoms with Crippen molar-refractivity contribution in [1.82, 2.24) is 19.9 Å². The lowest BCUT2D eigenvalue weighted by atomic mass is 10.2. The first-order chi connectivity index (χ1) is 11.5. The molecule has 25 heavy (non-hydrogen) atoms. The smallest absolute Gasteiger partial charge is 0.225 e. The van der Waals surface area contributed by atoms with Crippen molar-refractivity contribution in [2.75, 3.05) is 41.9 Å². The highest BCUT2D eigenvalue weighted by Crippen LogP contribution is 2.26. The highest BCUT2D eigenvalue weighted by molar-refractivity contribution is 5.94. The van der Waals surface area contributed by atoms with Crippen molar-refractivity contribution in [1.29, 1.82) is 0 Å². The number of nitrogens with one attached hydrogen (secondary N) is 4. The van der Waals surface area contributed by atoms with Gasteiger partial charge in [0.15, 0.2) is 11.6 Å². The van der Waals surface area contributed by atoms with Gasteiger partial charge < -0.3 is 26.4 Å². The lowest BCUT2D eigenvalue weighted by Gasteiger charge is -2.18. The maximum absolute atomic E-state index is 9.66. The Morgan fingerprint density at radius 2 is 1.44 bits per heavy atom. The SMILES string of the molecule is CCCNc1nc(NC)c2nc(NC(C)C(C)O)nc(NC)c2n1.Cl. The summed E-state index contributed by atoms with van der Waals surface area (Å²) in [6, 6.07) is -0.184. The van der Waals surface area contributed by atoms with E-state index in [-0.39, 0.29) is 18.4 Å². The molecule has 2 rings (SSSR count). The van der Waals surface area contributed by atoms with Gasteiger partial charge in [-0.25, -0.2) is 9.97 Å². The summed E-state index contributed by atoms with van der Waals surface area (Å²) in [5, 5.41) is 22.0. The molecule has 0 amide bonds. The Bertz CT molecular complexity index is 697. The van der Waals surface area contributed by atoms with Gasteiger partial charge in [0.25, 0.3) is 0 Å². The number of anilines is 4. The van der Waals surface area contributed by atoms with Crippen molar-refractivity contribution in [3.63, 3.8) is 0 Å². The minimum atomic E-state index is -0.525. The van der Waals surface area contributed by atoms with Crippen LogP contribution in [0.5, 0.6) is 0 Å². The molecule has 2 aromatic rings. The summed E-state index contributed by atoms with van der Waals surface area (Å²) in [6.45, 7) is 6.45. The van der Waals surface area contributed by atoms with E-state index in [9.17, 15) is 5.11 Å². The fourth-order valence-electron chi connectivity index (χ4n) is 2.07. The third-order valence-corrected chi connectivity index (χ3v) is 3.63. The average molecular weight is 371 g/mol. The number of nitrogens with zero attached hydrogens (tertiary/aromatic N) is 4.